The molecule has 0 radical (unpaired) electrons. The topological polar surface area (TPSA) is 0 Å². The SMILES string of the molecule is [CH3][Ni][CH3].c1ccc(Pc2ccccc2)cc1.c1ccc(Pc2ccccc2)cc1. The molecule has 0 aliphatic rings. The van der Waals surface area contributed by atoms with Crippen molar-refractivity contribution in [2.45, 2.75) is 11.8 Å². The molecule has 3 heteroatoms. The van der Waals surface area contributed by atoms with Crippen molar-refractivity contribution in [2.75, 3.05) is 0 Å². The van der Waals surface area contributed by atoms with Gasteiger partial charge in [-0.1, -0.05) is 138 Å². The third kappa shape index (κ3) is 10.5. The Bertz CT molecular complexity index is 731. The maximum atomic E-state index is 2.17. The van der Waals surface area contributed by atoms with Crippen molar-refractivity contribution in [2.24, 2.45) is 0 Å². The summed E-state index contributed by atoms with van der Waals surface area (Å²) >= 11 is 1.62. The van der Waals surface area contributed by atoms with Crippen molar-refractivity contribution in [1.82, 2.24) is 0 Å². The molecule has 4 aromatic carbocycles. The molecule has 0 saturated heterocycles. The van der Waals surface area contributed by atoms with Crippen LogP contribution in [0.15, 0.2) is 121 Å². The van der Waals surface area contributed by atoms with Crippen molar-refractivity contribution in [3.63, 3.8) is 0 Å². The van der Waals surface area contributed by atoms with Gasteiger partial charge in [-0.2, -0.15) is 0 Å². The van der Waals surface area contributed by atoms with Crippen molar-refractivity contribution >= 4 is 38.4 Å². The van der Waals surface area contributed by atoms with Gasteiger partial charge in [0.2, 0.25) is 0 Å². The molecule has 29 heavy (non-hydrogen) atoms. The molecule has 0 nitrogen and oxygen atoms in total. The van der Waals surface area contributed by atoms with Crippen LogP contribution in [-0.2, 0) is 14.4 Å². The van der Waals surface area contributed by atoms with E-state index in [1.807, 2.05) is 0 Å². The predicted molar refractivity (Wildman–Crippen MR) is 133 cm³/mol. The summed E-state index contributed by atoms with van der Waals surface area (Å²) in [6.45, 7) is 0. The Morgan fingerprint density at radius 3 is 0.724 bits per heavy atom. The molecule has 0 heterocycles. The first-order valence-corrected chi connectivity index (χ1v) is 13.3. The van der Waals surface area contributed by atoms with Gasteiger partial charge in [-0.25, -0.2) is 0 Å². The van der Waals surface area contributed by atoms with Gasteiger partial charge in [0.05, 0.1) is 0 Å². The Morgan fingerprint density at radius 1 is 0.379 bits per heavy atom. The minimum atomic E-state index is 0.777. The van der Waals surface area contributed by atoms with Crippen LogP contribution < -0.4 is 21.2 Å². The third-order valence-electron chi connectivity index (χ3n) is 3.67. The summed E-state index contributed by atoms with van der Waals surface area (Å²) in [4.78, 5) is 0. The van der Waals surface area contributed by atoms with Crippen LogP contribution in [0.3, 0.4) is 0 Å². The Labute approximate surface area is 185 Å². The van der Waals surface area contributed by atoms with Gasteiger partial charge in [-0.15, -0.1) is 0 Å². The minimum Gasteiger partial charge on any atom is -0.0622 e. The van der Waals surface area contributed by atoms with Crippen LogP contribution in [0.5, 0.6) is 0 Å². The molecule has 0 amide bonds. The maximum Gasteiger partial charge on any atom is -0.0226 e. The molecule has 0 spiro atoms. The minimum absolute atomic E-state index is 0.777. The predicted octanol–water partition coefficient (Wildman–Crippen LogP) is 5.80. The molecular formula is C26H28NiP2. The van der Waals surface area contributed by atoms with E-state index >= 15 is 0 Å². The average molecular weight is 461 g/mol. The van der Waals surface area contributed by atoms with Gasteiger partial charge in [0.25, 0.3) is 0 Å². The van der Waals surface area contributed by atoms with Crippen LogP contribution in [0.1, 0.15) is 0 Å². The van der Waals surface area contributed by atoms with E-state index in [9.17, 15) is 0 Å². The zero-order valence-corrected chi connectivity index (χ0v) is 19.9. The molecule has 0 saturated carbocycles. The van der Waals surface area contributed by atoms with Crippen molar-refractivity contribution in [3.05, 3.63) is 121 Å². The molecule has 0 aliphatic carbocycles. The molecule has 0 N–H and O–H groups in total. The molecule has 4 aromatic rings. The van der Waals surface area contributed by atoms with E-state index in [0.29, 0.717) is 0 Å². The van der Waals surface area contributed by atoms with Crippen LogP contribution in [0.4, 0.5) is 0 Å². The van der Waals surface area contributed by atoms with Gasteiger partial charge in [0, 0.05) is 0 Å². The maximum absolute atomic E-state index is 2.17. The van der Waals surface area contributed by atoms with E-state index in [2.05, 4.69) is 133 Å². The molecular weight excluding hydrogens is 433 g/mol. The second-order valence-electron chi connectivity index (χ2n) is 6.03. The van der Waals surface area contributed by atoms with Crippen molar-refractivity contribution in [3.8, 4) is 0 Å². The van der Waals surface area contributed by atoms with Gasteiger partial charge >= 0.3 is 26.2 Å². The fraction of sp³-hybridized carbons (Fsp3) is 0.0769. The summed E-state index contributed by atoms with van der Waals surface area (Å²) in [5.74, 6) is 4.12. The summed E-state index contributed by atoms with van der Waals surface area (Å²) in [5.41, 5.74) is 0. The van der Waals surface area contributed by atoms with Gasteiger partial charge in [0.1, 0.15) is 0 Å². The van der Waals surface area contributed by atoms with Crippen LogP contribution in [-0.4, -0.2) is 0 Å². The number of hydrogen-bond acceptors (Lipinski definition) is 0. The monoisotopic (exact) mass is 460 g/mol. The van der Waals surface area contributed by atoms with E-state index in [1.165, 1.54) is 21.2 Å². The van der Waals surface area contributed by atoms with Crippen LogP contribution in [0.25, 0.3) is 0 Å². The first-order chi connectivity index (χ1) is 14.3. The number of benzene rings is 4. The normalized spacial score (nSPS) is 9.59. The Kier molecular flexibility index (Phi) is 12.3. The Balaban J connectivity index is 0.000000183. The van der Waals surface area contributed by atoms with Crippen molar-refractivity contribution in [1.29, 1.82) is 0 Å². The Morgan fingerprint density at radius 2 is 0.552 bits per heavy atom. The zero-order chi connectivity index (χ0) is 20.6. The van der Waals surface area contributed by atoms with Crippen molar-refractivity contribution < 1.29 is 14.4 Å². The van der Waals surface area contributed by atoms with Crippen LogP contribution in [0, 0.1) is 0 Å². The standard InChI is InChI=1S/2C12H11P.2CH3.Ni/c2*1-3-7-11(8-4-1)13-12-9-5-2-6-10-12;;;/h2*1-10,13H;2*1H3;. The summed E-state index contributed by atoms with van der Waals surface area (Å²) in [5, 5.41) is 5.59. The second-order valence-corrected chi connectivity index (χ2v) is 9.83. The van der Waals surface area contributed by atoms with E-state index < -0.39 is 0 Å². The number of rotatable bonds is 4. The first kappa shape index (κ1) is 23.5. The smallest absolute Gasteiger partial charge is 0.0226 e. The van der Waals surface area contributed by atoms with E-state index in [-0.39, 0.29) is 0 Å². The molecule has 0 unspecified atom stereocenters. The first-order valence-electron chi connectivity index (χ1n) is 9.28. The van der Waals surface area contributed by atoms with Gasteiger partial charge in [0.15, 0.2) is 0 Å². The molecule has 4 rings (SSSR count). The number of hydrogen-bond donors (Lipinski definition) is 0. The van der Waals surface area contributed by atoms with Crippen LogP contribution in [0.2, 0.25) is 11.8 Å². The third-order valence-corrected chi connectivity index (χ3v) is 6.16. The second kappa shape index (κ2) is 15.1. The van der Waals surface area contributed by atoms with E-state index in [1.54, 1.807) is 14.4 Å². The fourth-order valence-electron chi connectivity index (χ4n) is 2.42. The largest absolute Gasteiger partial charge is 0.0622 e. The summed E-state index contributed by atoms with van der Waals surface area (Å²) in [7, 11) is 1.55. The molecule has 0 atom stereocenters. The molecule has 0 bridgehead atoms. The van der Waals surface area contributed by atoms with Gasteiger partial charge in [-0.05, 0) is 21.2 Å². The summed E-state index contributed by atoms with van der Waals surface area (Å²) in [6.07, 6.45) is 0. The fourth-order valence-corrected chi connectivity index (χ4v) is 4.52. The summed E-state index contributed by atoms with van der Waals surface area (Å²) < 4.78 is 0. The molecule has 0 aliphatic heterocycles. The molecule has 0 fully saturated rings. The van der Waals surface area contributed by atoms with Gasteiger partial charge < -0.3 is 0 Å². The molecule has 152 valence electrons. The van der Waals surface area contributed by atoms with Gasteiger partial charge in [-0.3, -0.25) is 0 Å². The van der Waals surface area contributed by atoms with Crippen LogP contribution >= 0.6 is 17.2 Å². The average Bonchev–Trinajstić information content (AvgIpc) is 2.78. The zero-order valence-electron chi connectivity index (χ0n) is 16.9. The summed E-state index contributed by atoms with van der Waals surface area (Å²) in [6, 6.07) is 42.3. The van der Waals surface area contributed by atoms with E-state index in [4.69, 9.17) is 0 Å². The Hall–Kier alpha value is -1.77. The molecule has 0 aromatic heterocycles. The van der Waals surface area contributed by atoms with E-state index in [0.717, 1.165) is 17.2 Å². The quantitative estimate of drug-likeness (QED) is 0.267.